The Balaban J connectivity index is 1.70. The second kappa shape index (κ2) is 7.75. The van der Waals surface area contributed by atoms with Crippen LogP contribution >= 0.6 is 11.3 Å². The van der Waals surface area contributed by atoms with Crippen molar-refractivity contribution in [3.8, 4) is 0 Å². The van der Waals surface area contributed by atoms with Crippen molar-refractivity contribution in [3.05, 3.63) is 16.1 Å². The molecule has 1 aromatic heterocycles. The van der Waals surface area contributed by atoms with Gasteiger partial charge in [0.1, 0.15) is 0 Å². The standard InChI is InChI=1S/C15H26N4OS/c1-4-12-10-18-13(21-12)6-8-17-14(16-3)19-11-15(2)7-5-9-20-15/h10H,4-9,11H2,1-3H3,(H2,16,17,19). The van der Waals surface area contributed by atoms with Crippen molar-refractivity contribution in [2.45, 2.75) is 45.1 Å². The van der Waals surface area contributed by atoms with Crippen LogP contribution in [0.2, 0.25) is 0 Å². The van der Waals surface area contributed by atoms with Crippen molar-refractivity contribution in [3.63, 3.8) is 0 Å². The molecule has 0 bridgehead atoms. The summed E-state index contributed by atoms with van der Waals surface area (Å²) in [6.07, 6.45) is 6.22. The molecule has 0 saturated carbocycles. The number of nitrogens with one attached hydrogen (secondary N) is 2. The van der Waals surface area contributed by atoms with Gasteiger partial charge in [-0.2, -0.15) is 0 Å². The highest BCUT2D eigenvalue weighted by molar-refractivity contribution is 7.11. The van der Waals surface area contributed by atoms with Gasteiger partial charge in [0.25, 0.3) is 0 Å². The zero-order valence-electron chi connectivity index (χ0n) is 13.2. The smallest absolute Gasteiger partial charge is 0.191 e. The Morgan fingerprint density at radius 3 is 3.00 bits per heavy atom. The molecule has 0 spiro atoms. The Kier molecular flexibility index (Phi) is 5.99. The van der Waals surface area contributed by atoms with Crippen LogP contribution in [0, 0.1) is 0 Å². The monoisotopic (exact) mass is 310 g/mol. The number of aliphatic imine (C=N–C) groups is 1. The molecule has 0 aliphatic carbocycles. The SMILES string of the molecule is CCc1cnc(CCNC(=NC)NCC2(C)CCCO2)s1. The minimum atomic E-state index is -0.0526. The van der Waals surface area contributed by atoms with Crippen LogP contribution in [-0.2, 0) is 17.6 Å². The molecular weight excluding hydrogens is 284 g/mol. The van der Waals surface area contributed by atoms with Crippen molar-refractivity contribution in [2.24, 2.45) is 4.99 Å². The van der Waals surface area contributed by atoms with Gasteiger partial charge >= 0.3 is 0 Å². The quantitative estimate of drug-likeness (QED) is 0.623. The number of hydrogen-bond donors (Lipinski definition) is 2. The molecule has 1 fully saturated rings. The summed E-state index contributed by atoms with van der Waals surface area (Å²) in [6, 6.07) is 0. The molecule has 6 heteroatoms. The molecule has 118 valence electrons. The Bertz CT molecular complexity index is 466. The van der Waals surface area contributed by atoms with Crippen molar-refractivity contribution in [1.29, 1.82) is 0 Å². The van der Waals surface area contributed by atoms with E-state index in [0.717, 1.165) is 51.3 Å². The van der Waals surface area contributed by atoms with Gasteiger partial charge in [0, 0.05) is 44.2 Å². The third-order valence-corrected chi connectivity index (χ3v) is 4.94. The number of thiazole rings is 1. The third-order valence-electron chi connectivity index (χ3n) is 3.74. The van der Waals surface area contributed by atoms with Gasteiger partial charge in [-0.3, -0.25) is 4.99 Å². The maximum atomic E-state index is 5.77. The van der Waals surface area contributed by atoms with E-state index in [1.807, 2.05) is 6.20 Å². The van der Waals surface area contributed by atoms with Crippen LogP contribution in [0.5, 0.6) is 0 Å². The van der Waals surface area contributed by atoms with Crippen LogP contribution in [0.3, 0.4) is 0 Å². The first kappa shape index (κ1) is 16.2. The molecule has 2 rings (SSSR count). The van der Waals surface area contributed by atoms with Crippen molar-refractivity contribution < 1.29 is 4.74 Å². The van der Waals surface area contributed by atoms with E-state index in [-0.39, 0.29) is 5.60 Å². The average Bonchev–Trinajstić information content (AvgIpc) is 3.12. The van der Waals surface area contributed by atoms with Gasteiger partial charge in [-0.1, -0.05) is 6.92 Å². The zero-order chi connectivity index (χ0) is 15.1. The van der Waals surface area contributed by atoms with Gasteiger partial charge in [0.15, 0.2) is 5.96 Å². The summed E-state index contributed by atoms with van der Waals surface area (Å²) >= 11 is 1.79. The molecule has 1 aliphatic heterocycles. The zero-order valence-corrected chi connectivity index (χ0v) is 14.1. The van der Waals surface area contributed by atoms with Crippen molar-refractivity contribution in [1.82, 2.24) is 15.6 Å². The van der Waals surface area contributed by atoms with Crippen LogP contribution in [0.25, 0.3) is 0 Å². The van der Waals surface area contributed by atoms with Gasteiger partial charge in [-0.25, -0.2) is 4.98 Å². The fraction of sp³-hybridized carbons (Fsp3) is 0.733. The second-order valence-electron chi connectivity index (χ2n) is 5.58. The second-order valence-corrected chi connectivity index (χ2v) is 6.78. The lowest BCUT2D eigenvalue weighted by Crippen LogP contribution is -2.45. The van der Waals surface area contributed by atoms with E-state index >= 15 is 0 Å². The Morgan fingerprint density at radius 1 is 1.52 bits per heavy atom. The number of aromatic nitrogens is 1. The summed E-state index contributed by atoms with van der Waals surface area (Å²) in [5.74, 6) is 0.832. The summed E-state index contributed by atoms with van der Waals surface area (Å²) in [7, 11) is 1.80. The molecule has 1 atom stereocenters. The van der Waals surface area contributed by atoms with E-state index in [0.29, 0.717) is 0 Å². The van der Waals surface area contributed by atoms with Gasteiger partial charge in [-0.05, 0) is 26.2 Å². The largest absolute Gasteiger partial charge is 0.373 e. The fourth-order valence-electron chi connectivity index (χ4n) is 2.38. The van der Waals surface area contributed by atoms with Crippen LogP contribution in [0.15, 0.2) is 11.2 Å². The summed E-state index contributed by atoms with van der Waals surface area (Å²) in [5.41, 5.74) is -0.0526. The summed E-state index contributed by atoms with van der Waals surface area (Å²) in [6.45, 7) is 6.82. The van der Waals surface area contributed by atoms with Gasteiger partial charge in [-0.15, -0.1) is 11.3 Å². The molecule has 0 radical (unpaired) electrons. The first-order valence-electron chi connectivity index (χ1n) is 7.67. The number of hydrogen-bond acceptors (Lipinski definition) is 4. The molecule has 5 nitrogen and oxygen atoms in total. The van der Waals surface area contributed by atoms with E-state index in [4.69, 9.17) is 4.74 Å². The molecule has 0 aromatic carbocycles. The fourth-order valence-corrected chi connectivity index (χ4v) is 3.24. The number of guanidine groups is 1. The maximum absolute atomic E-state index is 5.77. The highest BCUT2D eigenvalue weighted by atomic mass is 32.1. The maximum Gasteiger partial charge on any atom is 0.191 e. The molecule has 2 N–H and O–H groups in total. The summed E-state index contributed by atoms with van der Waals surface area (Å²) in [4.78, 5) is 10.0. The third kappa shape index (κ3) is 4.97. The lowest BCUT2D eigenvalue weighted by atomic mass is 10.0. The minimum Gasteiger partial charge on any atom is -0.373 e. The first-order valence-corrected chi connectivity index (χ1v) is 8.49. The molecule has 1 unspecified atom stereocenters. The molecule has 0 amide bonds. The van der Waals surface area contributed by atoms with Gasteiger partial charge < -0.3 is 15.4 Å². The predicted molar refractivity (Wildman–Crippen MR) is 88.2 cm³/mol. The molecule has 21 heavy (non-hydrogen) atoms. The van der Waals surface area contributed by atoms with E-state index < -0.39 is 0 Å². The van der Waals surface area contributed by atoms with E-state index in [2.05, 4.69) is 34.5 Å². The average molecular weight is 310 g/mol. The summed E-state index contributed by atoms with van der Waals surface area (Å²) in [5, 5.41) is 7.87. The van der Waals surface area contributed by atoms with Crippen molar-refractivity contribution >= 4 is 17.3 Å². The number of nitrogens with zero attached hydrogens (tertiary/aromatic N) is 2. The molecule has 1 aromatic rings. The number of ether oxygens (including phenoxy) is 1. The Labute approximate surface area is 131 Å². The predicted octanol–water partition coefficient (Wildman–Crippen LogP) is 1.98. The number of rotatable bonds is 6. The summed E-state index contributed by atoms with van der Waals surface area (Å²) < 4.78 is 5.77. The Hall–Kier alpha value is -1.14. The van der Waals surface area contributed by atoms with Gasteiger partial charge in [0.2, 0.25) is 0 Å². The van der Waals surface area contributed by atoms with Crippen LogP contribution < -0.4 is 10.6 Å². The molecule has 2 heterocycles. The van der Waals surface area contributed by atoms with Crippen LogP contribution in [0.1, 0.15) is 36.6 Å². The lowest BCUT2D eigenvalue weighted by molar-refractivity contribution is 0.0243. The lowest BCUT2D eigenvalue weighted by Gasteiger charge is -2.24. The van der Waals surface area contributed by atoms with Crippen molar-refractivity contribution in [2.75, 3.05) is 26.7 Å². The molecule has 1 saturated heterocycles. The minimum absolute atomic E-state index is 0.0526. The van der Waals surface area contributed by atoms with Crippen LogP contribution in [0.4, 0.5) is 0 Å². The number of aryl methyl sites for hydroxylation is 1. The van der Waals surface area contributed by atoms with E-state index in [9.17, 15) is 0 Å². The van der Waals surface area contributed by atoms with E-state index in [1.54, 1.807) is 18.4 Å². The Morgan fingerprint density at radius 2 is 2.38 bits per heavy atom. The molecule has 1 aliphatic rings. The highest BCUT2D eigenvalue weighted by Crippen LogP contribution is 2.23. The normalized spacial score (nSPS) is 22.5. The highest BCUT2D eigenvalue weighted by Gasteiger charge is 2.29. The molecular formula is C15H26N4OS. The van der Waals surface area contributed by atoms with Crippen LogP contribution in [-0.4, -0.2) is 43.3 Å². The topological polar surface area (TPSA) is 58.5 Å². The first-order chi connectivity index (χ1) is 10.1. The van der Waals surface area contributed by atoms with E-state index in [1.165, 1.54) is 9.88 Å². The van der Waals surface area contributed by atoms with Gasteiger partial charge in [0.05, 0.1) is 10.6 Å².